The smallest absolute Gasteiger partial charge is 0.0215 e. The molecule has 0 unspecified atom stereocenters. The van der Waals surface area contributed by atoms with E-state index in [4.69, 9.17) is 0 Å². The number of nitrogens with one attached hydrogen (secondary N) is 1. The van der Waals surface area contributed by atoms with E-state index in [0.717, 1.165) is 6.54 Å². The van der Waals surface area contributed by atoms with Crippen molar-refractivity contribution in [2.75, 3.05) is 0 Å². The fourth-order valence-corrected chi connectivity index (χ4v) is 2.20. The maximum absolute atomic E-state index is 3.59. The van der Waals surface area contributed by atoms with E-state index in [0.29, 0.717) is 0 Å². The van der Waals surface area contributed by atoms with E-state index >= 15 is 0 Å². The Morgan fingerprint density at radius 2 is 1.06 bits per heavy atom. The molecule has 0 aliphatic rings. The van der Waals surface area contributed by atoms with Crippen LogP contribution in [0.1, 0.15) is 54.2 Å². The Hall–Kier alpha value is -0.820. The molecule has 0 aliphatic heterocycles. The first-order valence-corrected chi connectivity index (χ1v) is 6.46. The summed E-state index contributed by atoms with van der Waals surface area (Å²) in [6, 6.07) is 0. The summed E-state index contributed by atoms with van der Waals surface area (Å²) in [5.74, 6) is 0. The second-order valence-electron chi connectivity index (χ2n) is 6.21. The van der Waals surface area contributed by atoms with Gasteiger partial charge in [0.25, 0.3) is 0 Å². The van der Waals surface area contributed by atoms with E-state index in [9.17, 15) is 0 Å². The van der Waals surface area contributed by atoms with Gasteiger partial charge in [0.05, 0.1) is 0 Å². The topological polar surface area (TPSA) is 12.0 Å². The second kappa shape index (κ2) is 4.81. The third-order valence-electron chi connectivity index (χ3n) is 3.95. The molecule has 0 saturated carbocycles. The van der Waals surface area contributed by atoms with E-state index in [-0.39, 0.29) is 5.54 Å². The molecule has 1 heteroatoms. The fraction of sp³-hybridized carbons (Fsp3) is 0.625. The van der Waals surface area contributed by atoms with Gasteiger partial charge in [-0.15, -0.1) is 0 Å². The SMILES string of the molecule is Cc1c(C)c(C)c(CNC(C)(C)C)c(C)c1C. The molecule has 0 fully saturated rings. The van der Waals surface area contributed by atoms with Gasteiger partial charge in [0.15, 0.2) is 0 Å². The van der Waals surface area contributed by atoms with Gasteiger partial charge in [-0.25, -0.2) is 0 Å². The number of benzene rings is 1. The van der Waals surface area contributed by atoms with Gasteiger partial charge in [0.2, 0.25) is 0 Å². The van der Waals surface area contributed by atoms with Gasteiger partial charge in [-0.3, -0.25) is 0 Å². The molecular formula is C16H27N. The van der Waals surface area contributed by atoms with Crippen LogP contribution >= 0.6 is 0 Å². The van der Waals surface area contributed by atoms with Gasteiger partial charge >= 0.3 is 0 Å². The Balaban J connectivity index is 3.16. The molecule has 0 aromatic heterocycles. The average Bonchev–Trinajstić information content (AvgIpc) is 2.22. The lowest BCUT2D eigenvalue weighted by Crippen LogP contribution is -2.35. The lowest BCUT2D eigenvalue weighted by Gasteiger charge is -2.24. The van der Waals surface area contributed by atoms with Crippen molar-refractivity contribution in [3.05, 3.63) is 33.4 Å². The third-order valence-corrected chi connectivity index (χ3v) is 3.95. The average molecular weight is 233 g/mol. The van der Waals surface area contributed by atoms with Crippen molar-refractivity contribution in [3.63, 3.8) is 0 Å². The Labute approximate surface area is 107 Å². The molecule has 0 aliphatic carbocycles. The minimum atomic E-state index is 0.172. The number of hydrogen-bond acceptors (Lipinski definition) is 1. The first kappa shape index (κ1) is 14.2. The normalized spacial score (nSPS) is 12.0. The largest absolute Gasteiger partial charge is 0.308 e. The van der Waals surface area contributed by atoms with Crippen LogP contribution in [-0.2, 0) is 6.54 Å². The summed E-state index contributed by atoms with van der Waals surface area (Å²) < 4.78 is 0. The van der Waals surface area contributed by atoms with Gasteiger partial charge in [-0.1, -0.05) is 0 Å². The molecule has 1 nitrogen and oxygen atoms in total. The molecule has 0 bridgehead atoms. The zero-order valence-electron chi connectivity index (χ0n) is 12.7. The maximum Gasteiger partial charge on any atom is 0.0215 e. The predicted octanol–water partition coefficient (Wildman–Crippen LogP) is 4.12. The summed E-state index contributed by atoms with van der Waals surface area (Å²) in [4.78, 5) is 0. The molecule has 96 valence electrons. The molecule has 0 atom stereocenters. The Morgan fingerprint density at radius 3 is 1.41 bits per heavy atom. The monoisotopic (exact) mass is 233 g/mol. The van der Waals surface area contributed by atoms with Crippen LogP contribution in [0.4, 0.5) is 0 Å². The van der Waals surface area contributed by atoms with Crippen molar-refractivity contribution in [3.8, 4) is 0 Å². The lowest BCUT2D eigenvalue weighted by atomic mass is 9.89. The molecule has 17 heavy (non-hydrogen) atoms. The second-order valence-corrected chi connectivity index (χ2v) is 6.21. The van der Waals surface area contributed by atoms with Crippen LogP contribution in [0.5, 0.6) is 0 Å². The first-order chi connectivity index (χ1) is 7.65. The highest BCUT2D eigenvalue weighted by Crippen LogP contribution is 2.26. The molecule has 0 spiro atoms. The van der Waals surface area contributed by atoms with Crippen LogP contribution in [-0.4, -0.2) is 5.54 Å². The molecule has 1 rings (SSSR count). The van der Waals surface area contributed by atoms with E-state index in [1.165, 1.54) is 33.4 Å². The minimum Gasteiger partial charge on any atom is -0.308 e. The Bertz CT molecular complexity index is 393. The lowest BCUT2D eigenvalue weighted by molar-refractivity contribution is 0.423. The van der Waals surface area contributed by atoms with Crippen molar-refractivity contribution in [1.29, 1.82) is 0 Å². The van der Waals surface area contributed by atoms with Crippen LogP contribution < -0.4 is 5.32 Å². The van der Waals surface area contributed by atoms with Gasteiger partial charge in [-0.05, 0) is 88.8 Å². The van der Waals surface area contributed by atoms with E-state index in [1.807, 2.05) is 0 Å². The Morgan fingerprint density at radius 1 is 0.706 bits per heavy atom. The standard InChI is InChI=1S/C16H27N/c1-10-11(2)13(4)15(14(5)12(10)3)9-17-16(6,7)8/h17H,9H2,1-8H3. The van der Waals surface area contributed by atoms with Crippen LogP contribution in [0.15, 0.2) is 0 Å². The molecule has 1 aromatic carbocycles. The molecule has 0 saturated heterocycles. The van der Waals surface area contributed by atoms with Crippen molar-refractivity contribution in [1.82, 2.24) is 5.32 Å². The summed E-state index contributed by atoms with van der Waals surface area (Å²) in [6.45, 7) is 18.8. The van der Waals surface area contributed by atoms with Crippen molar-refractivity contribution in [2.24, 2.45) is 0 Å². The Kier molecular flexibility index (Phi) is 4.03. The number of hydrogen-bond donors (Lipinski definition) is 1. The summed E-state index contributed by atoms with van der Waals surface area (Å²) in [6.07, 6.45) is 0. The third kappa shape index (κ3) is 3.10. The predicted molar refractivity (Wildman–Crippen MR) is 76.7 cm³/mol. The molecule has 0 radical (unpaired) electrons. The fourth-order valence-electron chi connectivity index (χ4n) is 2.20. The van der Waals surface area contributed by atoms with Gasteiger partial charge in [0, 0.05) is 12.1 Å². The maximum atomic E-state index is 3.59. The van der Waals surface area contributed by atoms with Gasteiger partial charge < -0.3 is 5.32 Å². The molecule has 1 N–H and O–H groups in total. The van der Waals surface area contributed by atoms with E-state index in [1.54, 1.807) is 0 Å². The van der Waals surface area contributed by atoms with Crippen LogP contribution in [0.25, 0.3) is 0 Å². The highest BCUT2D eigenvalue weighted by Gasteiger charge is 2.14. The summed E-state index contributed by atoms with van der Waals surface area (Å²) in [5, 5.41) is 3.59. The van der Waals surface area contributed by atoms with Crippen LogP contribution in [0.3, 0.4) is 0 Å². The molecule has 0 heterocycles. The molecule has 1 aromatic rings. The zero-order valence-corrected chi connectivity index (χ0v) is 12.7. The highest BCUT2D eigenvalue weighted by atomic mass is 14.9. The van der Waals surface area contributed by atoms with Crippen LogP contribution in [0, 0.1) is 34.6 Å². The van der Waals surface area contributed by atoms with Crippen molar-refractivity contribution < 1.29 is 0 Å². The summed E-state index contributed by atoms with van der Waals surface area (Å²) >= 11 is 0. The molecular weight excluding hydrogens is 206 g/mol. The van der Waals surface area contributed by atoms with Gasteiger partial charge in [-0.2, -0.15) is 0 Å². The highest BCUT2D eigenvalue weighted by molar-refractivity contribution is 5.49. The summed E-state index contributed by atoms with van der Waals surface area (Å²) in [7, 11) is 0. The quantitative estimate of drug-likeness (QED) is 0.810. The first-order valence-electron chi connectivity index (χ1n) is 6.46. The summed E-state index contributed by atoms with van der Waals surface area (Å²) in [5.41, 5.74) is 8.87. The number of rotatable bonds is 2. The van der Waals surface area contributed by atoms with E-state index in [2.05, 4.69) is 60.7 Å². The van der Waals surface area contributed by atoms with Gasteiger partial charge in [0.1, 0.15) is 0 Å². The molecule has 0 amide bonds. The van der Waals surface area contributed by atoms with Crippen molar-refractivity contribution >= 4 is 0 Å². The zero-order chi connectivity index (χ0) is 13.4. The minimum absolute atomic E-state index is 0.172. The van der Waals surface area contributed by atoms with Crippen molar-refractivity contribution in [2.45, 2.75) is 67.5 Å². The van der Waals surface area contributed by atoms with E-state index < -0.39 is 0 Å². The van der Waals surface area contributed by atoms with Crippen LogP contribution in [0.2, 0.25) is 0 Å².